The lowest BCUT2D eigenvalue weighted by molar-refractivity contribution is 0.0328. The maximum atomic E-state index is 15.3. The van der Waals surface area contributed by atoms with Crippen molar-refractivity contribution in [2.24, 2.45) is 11.7 Å². The average Bonchev–Trinajstić information content (AvgIpc) is 2.84. The number of amides is 1. The molecular formula is C26H26F2N4O3. The Morgan fingerprint density at radius 2 is 2.00 bits per heavy atom. The standard InChI is InChI=1S/C26H26F2N4O3/c1-13-2-5-21-22(23(13)28)24-17(27)3-4-19(31-24)26(34)32-20-12-30-8-6-16(20)15-10-14(7-9-35-21)25(33)18(29)11-15/h2-6,8,12,14-15,18,25,33H,7,9-11,29H2,1H3,(H,32,34). The molecule has 3 aromatic rings. The third kappa shape index (κ3) is 4.37. The molecule has 182 valence electrons. The first-order valence-corrected chi connectivity index (χ1v) is 11.6. The lowest BCUT2D eigenvalue weighted by Crippen LogP contribution is -2.46. The Morgan fingerprint density at radius 3 is 2.83 bits per heavy atom. The summed E-state index contributed by atoms with van der Waals surface area (Å²) < 4.78 is 36.1. The highest BCUT2D eigenvalue weighted by molar-refractivity contribution is 6.03. The number of hydrogen-bond acceptors (Lipinski definition) is 6. The second-order valence-electron chi connectivity index (χ2n) is 9.23. The summed E-state index contributed by atoms with van der Waals surface area (Å²) >= 11 is 0. The molecule has 0 spiro atoms. The van der Waals surface area contributed by atoms with Gasteiger partial charge in [0.1, 0.15) is 28.8 Å². The van der Waals surface area contributed by atoms with E-state index in [1.54, 1.807) is 31.5 Å². The molecule has 2 aliphatic rings. The summed E-state index contributed by atoms with van der Waals surface area (Å²) in [7, 11) is 0. The minimum Gasteiger partial charge on any atom is -0.493 e. The molecule has 1 fully saturated rings. The number of rotatable bonds is 0. The van der Waals surface area contributed by atoms with Crippen LogP contribution in [0.25, 0.3) is 11.3 Å². The van der Waals surface area contributed by atoms with Gasteiger partial charge in [-0.15, -0.1) is 0 Å². The van der Waals surface area contributed by atoms with E-state index in [0.29, 0.717) is 24.9 Å². The molecule has 1 aliphatic carbocycles. The van der Waals surface area contributed by atoms with Crippen LogP contribution in [-0.2, 0) is 0 Å². The Morgan fingerprint density at radius 1 is 1.17 bits per heavy atom. The number of aromatic nitrogens is 2. The fraction of sp³-hybridized carbons (Fsp3) is 0.346. The van der Waals surface area contributed by atoms with Crippen molar-refractivity contribution in [2.75, 3.05) is 11.9 Å². The molecule has 1 amide bonds. The van der Waals surface area contributed by atoms with Gasteiger partial charge >= 0.3 is 0 Å². The lowest BCUT2D eigenvalue weighted by Gasteiger charge is -2.38. The van der Waals surface area contributed by atoms with Gasteiger partial charge in [0.2, 0.25) is 0 Å². The summed E-state index contributed by atoms with van der Waals surface area (Å²) in [6.07, 6.45) is 4.09. The van der Waals surface area contributed by atoms with E-state index < -0.39 is 29.7 Å². The van der Waals surface area contributed by atoms with Crippen LogP contribution in [0.4, 0.5) is 14.5 Å². The second-order valence-corrected chi connectivity index (χ2v) is 9.23. The van der Waals surface area contributed by atoms with Crippen LogP contribution in [0.15, 0.2) is 42.7 Å². The molecule has 4 atom stereocenters. The predicted molar refractivity (Wildman–Crippen MR) is 126 cm³/mol. The van der Waals surface area contributed by atoms with Crippen LogP contribution in [0.3, 0.4) is 0 Å². The SMILES string of the molecule is Cc1ccc2c(c1F)-c1nc(ccc1F)C(=O)Nc1cnccc1C1CC(N)C(O)C(CCO2)C1. The largest absolute Gasteiger partial charge is 0.493 e. The van der Waals surface area contributed by atoms with E-state index in [9.17, 15) is 14.3 Å². The molecule has 1 aliphatic heterocycles. The van der Waals surface area contributed by atoms with E-state index in [2.05, 4.69) is 15.3 Å². The maximum absolute atomic E-state index is 15.3. The zero-order valence-electron chi connectivity index (χ0n) is 19.2. The molecule has 4 unspecified atom stereocenters. The summed E-state index contributed by atoms with van der Waals surface area (Å²) in [6, 6.07) is 6.82. The number of anilines is 1. The fourth-order valence-electron chi connectivity index (χ4n) is 5.08. The quantitative estimate of drug-likeness (QED) is 0.450. The van der Waals surface area contributed by atoms with Crippen molar-refractivity contribution >= 4 is 11.6 Å². The van der Waals surface area contributed by atoms with Crippen molar-refractivity contribution in [3.8, 4) is 17.0 Å². The number of nitrogens with two attached hydrogens (primary N) is 1. The second kappa shape index (κ2) is 9.31. The van der Waals surface area contributed by atoms with Gasteiger partial charge in [-0.05, 0) is 73.4 Å². The highest BCUT2D eigenvalue weighted by Crippen LogP contribution is 2.41. The normalized spacial score (nSPS) is 24.2. The first kappa shape index (κ1) is 23.3. The van der Waals surface area contributed by atoms with E-state index in [1.807, 2.05) is 6.07 Å². The number of halogens is 2. The lowest BCUT2D eigenvalue weighted by atomic mass is 9.73. The van der Waals surface area contributed by atoms with Crippen LogP contribution < -0.4 is 15.8 Å². The van der Waals surface area contributed by atoms with E-state index in [0.717, 1.165) is 11.6 Å². The highest BCUT2D eigenvalue weighted by atomic mass is 19.1. The number of ether oxygens (including phenoxy) is 1. The molecule has 1 saturated carbocycles. The van der Waals surface area contributed by atoms with Crippen LogP contribution in [0.5, 0.6) is 5.75 Å². The highest BCUT2D eigenvalue weighted by Gasteiger charge is 2.36. The Labute approximate surface area is 201 Å². The van der Waals surface area contributed by atoms with Crippen LogP contribution >= 0.6 is 0 Å². The smallest absolute Gasteiger partial charge is 0.274 e. The number of carbonyl (C=O) groups excluding carboxylic acids is 1. The number of fused-ring (bicyclic) bond motifs is 8. The van der Waals surface area contributed by atoms with Crippen LogP contribution in [0.1, 0.15) is 46.8 Å². The van der Waals surface area contributed by atoms with Gasteiger partial charge in [0.15, 0.2) is 0 Å². The average molecular weight is 481 g/mol. The van der Waals surface area contributed by atoms with E-state index in [4.69, 9.17) is 10.5 Å². The van der Waals surface area contributed by atoms with Crippen molar-refractivity contribution in [1.82, 2.24) is 9.97 Å². The van der Waals surface area contributed by atoms with E-state index in [1.165, 1.54) is 6.07 Å². The third-order valence-electron chi connectivity index (χ3n) is 6.97. The number of aliphatic hydroxyl groups is 1. The van der Waals surface area contributed by atoms with Crippen LogP contribution in [0, 0.1) is 24.5 Å². The molecule has 7 nitrogen and oxygen atoms in total. The van der Waals surface area contributed by atoms with E-state index >= 15 is 4.39 Å². The van der Waals surface area contributed by atoms with Crippen molar-refractivity contribution in [2.45, 2.75) is 44.2 Å². The summed E-state index contributed by atoms with van der Waals surface area (Å²) in [6.45, 7) is 1.72. The Kier molecular flexibility index (Phi) is 6.21. The van der Waals surface area contributed by atoms with Crippen molar-refractivity contribution in [1.29, 1.82) is 0 Å². The molecular weight excluding hydrogens is 454 g/mol. The topological polar surface area (TPSA) is 110 Å². The van der Waals surface area contributed by atoms with Gasteiger partial charge in [-0.3, -0.25) is 9.78 Å². The van der Waals surface area contributed by atoms with Gasteiger partial charge in [0, 0.05) is 12.2 Å². The maximum Gasteiger partial charge on any atom is 0.274 e. The van der Waals surface area contributed by atoms with Crippen LogP contribution in [-0.4, -0.2) is 39.7 Å². The van der Waals surface area contributed by atoms with Gasteiger partial charge in [0.25, 0.3) is 5.91 Å². The van der Waals surface area contributed by atoms with Gasteiger partial charge in [-0.25, -0.2) is 13.8 Å². The predicted octanol–water partition coefficient (Wildman–Crippen LogP) is 3.95. The van der Waals surface area contributed by atoms with E-state index in [-0.39, 0.29) is 46.7 Å². The molecule has 35 heavy (non-hydrogen) atoms. The molecule has 2 aromatic heterocycles. The number of aliphatic hydroxyl groups excluding tert-OH is 1. The molecule has 0 saturated heterocycles. The molecule has 4 N–H and O–H groups in total. The van der Waals surface area contributed by atoms with Crippen LogP contribution in [0.2, 0.25) is 0 Å². The number of benzene rings is 1. The Hall–Kier alpha value is -3.43. The monoisotopic (exact) mass is 480 g/mol. The number of nitrogens with zero attached hydrogens (tertiary/aromatic N) is 2. The van der Waals surface area contributed by atoms with Crippen molar-refractivity contribution in [3.63, 3.8) is 0 Å². The summed E-state index contributed by atoms with van der Waals surface area (Å²) in [4.78, 5) is 21.5. The minimum absolute atomic E-state index is 0.0223. The number of pyridine rings is 2. The zero-order valence-corrected chi connectivity index (χ0v) is 19.2. The summed E-state index contributed by atoms with van der Waals surface area (Å²) in [5.41, 5.74) is 7.39. The Balaban J connectivity index is 1.65. The van der Waals surface area contributed by atoms with Gasteiger partial charge in [-0.2, -0.15) is 0 Å². The number of hydrogen-bond donors (Lipinski definition) is 3. The molecule has 3 heterocycles. The number of aryl methyl sites for hydroxylation is 1. The zero-order chi connectivity index (χ0) is 24.7. The van der Waals surface area contributed by atoms with Gasteiger partial charge in [-0.1, -0.05) is 6.07 Å². The minimum atomic E-state index is -0.778. The molecule has 4 bridgehead atoms. The molecule has 1 aromatic carbocycles. The van der Waals surface area contributed by atoms with Gasteiger partial charge in [0.05, 0.1) is 30.2 Å². The molecule has 9 heteroatoms. The first-order chi connectivity index (χ1) is 16.8. The summed E-state index contributed by atoms with van der Waals surface area (Å²) in [5, 5.41) is 13.6. The first-order valence-electron chi connectivity index (χ1n) is 11.6. The molecule has 0 radical (unpaired) electrons. The van der Waals surface area contributed by atoms with Crippen molar-refractivity contribution < 1.29 is 23.4 Å². The number of nitrogens with one attached hydrogen (secondary N) is 1. The Bertz CT molecular complexity index is 1290. The molecule has 5 rings (SSSR count). The van der Waals surface area contributed by atoms with Gasteiger partial charge < -0.3 is 20.9 Å². The number of carbonyl (C=O) groups is 1. The third-order valence-corrected chi connectivity index (χ3v) is 6.97. The fourth-order valence-corrected chi connectivity index (χ4v) is 5.08. The summed E-state index contributed by atoms with van der Waals surface area (Å²) in [5.74, 6) is -2.12. The van der Waals surface area contributed by atoms with Crippen molar-refractivity contribution in [3.05, 3.63) is 71.2 Å².